The summed E-state index contributed by atoms with van der Waals surface area (Å²) in [6, 6.07) is 13.2. The van der Waals surface area contributed by atoms with Gasteiger partial charge in [0.1, 0.15) is 5.69 Å². The predicted molar refractivity (Wildman–Crippen MR) is 196 cm³/mol. The molecule has 3 N–H and O–H groups in total. The molecular formula is C38H44N8O4. The van der Waals surface area contributed by atoms with Crippen LogP contribution in [0.5, 0.6) is 0 Å². The normalized spacial score (nSPS) is 17.0. The molecule has 1 saturated heterocycles. The number of carbonyl (C=O) groups is 2. The summed E-state index contributed by atoms with van der Waals surface area (Å²) in [5, 5.41) is 16.8. The number of rotatable bonds is 8. The minimum Gasteiger partial charge on any atom is -0.392 e. The van der Waals surface area contributed by atoms with Gasteiger partial charge >= 0.3 is 0 Å². The average Bonchev–Trinajstić information content (AvgIpc) is 3.59. The summed E-state index contributed by atoms with van der Waals surface area (Å²) in [4.78, 5) is 50.7. The summed E-state index contributed by atoms with van der Waals surface area (Å²) >= 11 is 0. The number of hydrogen-bond donors (Lipinski definition) is 3. The largest absolute Gasteiger partial charge is 0.392 e. The zero-order valence-corrected chi connectivity index (χ0v) is 29.1. The van der Waals surface area contributed by atoms with Gasteiger partial charge in [0.05, 0.1) is 29.4 Å². The first-order chi connectivity index (χ1) is 24.0. The number of aliphatic hydroxyl groups is 1. The van der Waals surface area contributed by atoms with Gasteiger partial charge in [-0.3, -0.25) is 14.4 Å². The Hall–Kier alpha value is -5.20. The third-order valence-corrected chi connectivity index (χ3v) is 10.1. The molecule has 4 heterocycles. The van der Waals surface area contributed by atoms with Crippen molar-refractivity contribution >= 4 is 40.4 Å². The van der Waals surface area contributed by atoms with E-state index in [9.17, 15) is 19.5 Å². The van der Waals surface area contributed by atoms with E-state index in [1.807, 2.05) is 36.4 Å². The van der Waals surface area contributed by atoms with Crippen LogP contribution in [0.3, 0.4) is 0 Å². The SMILES string of the molecule is C=CC(=O)Nc1cc(Nc2nc(-c3cccc(N4CCn5c(cc6c5CC(C)(C)C6)C4=O)c3CO)cn(C)c2=O)ccc1N1CCN(C)CC1. The lowest BCUT2D eigenvalue weighted by molar-refractivity contribution is -0.111. The molecule has 1 aliphatic carbocycles. The maximum atomic E-state index is 13.9. The summed E-state index contributed by atoms with van der Waals surface area (Å²) in [5.74, 6) is -0.346. The molecule has 0 bridgehead atoms. The first kappa shape index (κ1) is 33.3. The summed E-state index contributed by atoms with van der Waals surface area (Å²) in [7, 11) is 3.73. The lowest BCUT2D eigenvalue weighted by Gasteiger charge is -2.35. The van der Waals surface area contributed by atoms with E-state index in [4.69, 9.17) is 4.98 Å². The van der Waals surface area contributed by atoms with Gasteiger partial charge in [-0.2, -0.15) is 0 Å². The zero-order valence-electron chi connectivity index (χ0n) is 29.1. The molecule has 0 spiro atoms. The average molecular weight is 677 g/mol. The second-order valence-electron chi connectivity index (χ2n) is 14.3. The van der Waals surface area contributed by atoms with Crippen LogP contribution in [0.4, 0.5) is 28.6 Å². The second-order valence-corrected chi connectivity index (χ2v) is 14.3. The van der Waals surface area contributed by atoms with Gasteiger partial charge in [-0.05, 0) is 67.3 Å². The van der Waals surface area contributed by atoms with E-state index < -0.39 is 0 Å². The van der Waals surface area contributed by atoms with Crippen molar-refractivity contribution in [2.45, 2.75) is 39.8 Å². The van der Waals surface area contributed by atoms with Crippen LogP contribution in [-0.2, 0) is 37.8 Å². The molecule has 260 valence electrons. The predicted octanol–water partition coefficient (Wildman–Crippen LogP) is 4.15. The molecule has 2 aliphatic heterocycles. The number of hydrogen-bond acceptors (Lipinski definition) is 8. The molecule has 4 aromatic rings. The van der Waals surface area contributed by atoms with E-state index >= 15 is 0 Å². The molecule has 12 nitrogen and oxygen atoms in total. The van der Waals surface area contributed by atoms with Crippen LogP contribution in [0.15, 0.2) is 66.1 Å². The molecule has 2 aromatic heterocycles. The van der Waals surface area contributed by atoms with Crippen molar-refractivity contribution < 1.29 is 14.7 Å². The third-order valence-electron chi connectivity index (χ3n) is 10.1. The van der Waals surface area contributed by atoms with Crippen LogP contribution in [0.2, 0.25) is 0 Å². The number of nitrogens with one attached hydrogen (secondary N) is 2. The minimum atomic E-state index is -0.349. The number of benzene rings is 2. The smallest absolute Gasteiger partial charge is 0.293 e. The monoisotopic (exact) mass is 676 g/mol. The number of anilines is 5. The van der Waals surface area contributed by atoms with E-state index in [0.29, 0.717) is 52.7 Å². The Bertz CT molecular complexity index is 2070. The highest BCUT2D eigenvalue weighted by Gasteiger charge is 2.37. The standard InChI is InChI=1S/C38H44N8O4/c1-6-34(48)40-28-19-25(10-11-31(28)44-14-12-42(4)13-15-44)39-35-37(50)43(5)22-29(41-35)26-8-7-9-30(27(26)23-47)46-17-16-45-32(36(46)49)18-24-20-38(2,3)21-33(24)45/h6-11,18-19,22,47H,1,12-17,20-21,23H2,2-5H3,(H,39,41)(H,40,48). The highest BCUT2D eigenvalue weighted by atomic mass is 16.3. The van der Waals surface area contributed by atoms with Crippen LogP contribution in [0.25, 0.3) is 11.3 Å². The number of aryl methyl sites for hydroxylation is 1. The Balaban J connectivity index is 1.20. The number of carbonyl (C=O) groups excluding carboxylic acids is 2. The van der Waals surface area contributed by atoms with Crippen molar-refractivity contribution in [1.29, 1.82) is 0 Å². The summed E-state index contributed by atoms with van der Waals surface area (Å²) in [6.45, 7) is 12.4. The Kier molecular flexibility index (Phi) is 8.61. The molecule has 3 aliphatic rings. The van der Waals surface area contributed by atoms with Crippen LogP contribution in [0, 0.1) is 5.41 Å². The highest BCUT2D eigenvalue weighted by molar-refractivity contribution is 6.07. The van der Waals surface area contributed by atoms with Crippen LogP contribution in [-0.4, -0.2) is 75.7 Å². The molecule has 12 heteroatoms. The van der Waals surface area contributed by atoms with E-state index in [1.165, 1.54) is 21.9 Å². The van der Waals surface area contributed by atoms with E-state index in [0.717, 1.165) is 44.7 Å². The maximum absolute atomic E-state index is 13.9. The van der Waals surface area contributed by atoms with Gasteiger partial charge < -0.3 is 39.6 Å². The first-order valence-electron chi connectivity index (χ1n) is 17.1. The lowest BCUT2D eigenvalue weighted by atomic mass is 9.90. The van der Waals surface area contributed by atoms with E-state index in [1.54, 1.807) is 24.2 Å². The van der Waals surface area contributed by atoms with Gasteiger partial charge in [-0.1, -0.05) is 32.6 Å². The molecule has 2 aromatic carbocycles. The fourth-order valence-electron chi connectivity index (χ4n) is 7.55. The molecule has 50 heavy (non-hydrogen) atoms. The Labute approximate surface area is 291 Å². The molecule has 0 saturated carbocycles. The third kappa shape index (κ3) is 6.09. The fourth-order valence-corrected chi connectivity index (χ4v) is 7.55. The molecule has 2 amide bonds. The van der Waals surface area contributed by atoms with Gasteiger partial charge in [0, 0.05) is 75.0 Å². The molecule has 0 unspecified atom stereocenters. The number of amides is 2. The Morgan fingerprint density at radius 3 is 2.52 bits per heavy atom. The van der Waals surface area contributed by atoms with Crippen LogP contribution < -0.4 is 26.0 Å². The van der Waals surface area contributed by atoms with Gasteiger partial charge in [-0.15, -0.1) is 0 Å². The van der Waals surface area contributed by atoms with Crippen molar-refractivity contribution in [2.24, 2.45) is 12.5 Å². The summed E-state index contributed by atoms with van der Waals surface area (Å²) in [5.41, 5.74) is 7.32. The van der Waals surface area contributed by atoms with Crippen LogP contribution in [0.1, 0.15) is 41.2 Å². The molecule has 7 rings (SSSR count). The minimum absolute atomic E-state index is 0.0805. The Morgan fingerprint density at radius 2 is 1.78 bits per heavy atom. The number of aliphatic hydroxyl groups excluding tert-OH is 1. The van der Waals surface area contributed by atoms with Crippen molar-refractivity contribution in [3.05, 3.63) is 94.2 Å². The van der Waals surface area contributed by atoms with Crippen molar-refractivity contribution in [1.82, 2.24) is 19.0 Å². The maximum Gasteiger partial charge on any atom is 0.293 e. The lowest BCUT2D eigenvalue weighted by Crippen LogP contribution is -2.44. The first-order valence-corrected chi connectivity index (χ1v) is 17.1. The Morgan fingerprint density at radius 1 is 1.00 bits per heavy atom. The van der Waals surface area contributed by atoms with Gasteiger partial charge in [0.15, 0.2) is 5.82 Å². The fraction of sp³-hybridized carbons (Fsp3) is 0.368. The number of nitrogens with zero attached hydrogens (tertiary/aromatic N) is 6. The van der Waals surface area contributed by atoms with Crippen molar-refractivity contribution in [3.8, 4) is 11.3 Å². The van der Waals surface area contributed by atoms with Crippen molar-refractivity contribution in [2.75, 3.05) is 60.2 Å². The molecule has 0 radical (unpaired) electrons. The van der Waals surface area contributed by atoms with Gasteiger partial charge in [-0.25, -0.2) is 4.98 Å². The molecule has 1 fully saturated rings. The quantitative estimate of drug-likeness (QED) is 0.238. The van der Waals surface area contributed by atoms with Crippen molar-refractivity contribution in [3.63, 3.8) is 0 Å². The summed E-state index contributed by atoms with van der Waals surface area (Å²) < 4.78 is 3.61. The summed E-state index contributed by atoms with van der Waals surface area (Å²) in [6.07, 6.45) is 4.76. The molecular weight excluding hydrogens is 632 g/mol. The van der Waals surface area contributed by atoms with Crippen LogP contribution >= 0.6 is 0 Å². The van der Waals surface area contributed by atoms with Gasteiger partial charge in [0.2, 0.25) is 5.91 Å². The van der Waals surface area contributed by atoms with E-state index in [2.05, 4.69) is 52.5 Å². The van der Waals surface area contributed by atoms with E-state index in [-0.39, 0.29) is 35.2 Å². The number of aromatic nitrogens is 3. The topological polar surface area (TPSA) is 128 Å². The number of piperazine rings is 1. The zero-order chi connectivity index (χ0) is 35.3. The highest BCUT2D eigenvalue weighted by Crippen LogP contribution is 2.40. The number of fused-ring (bicyclic) bond motifs is 3. The van der Waals surface area contributed by atoms with Gasteiger partial charge in [0.25, 0.3) is 11.5 Å². The second kappa shape index (κ2) is 12.9. The number of likely N-dealkylation sites (N-methyl/N-ethyl adjacent to an activating group) is 1. The molecule has 0 atom stereocenters.